The highest BCUT2D eigenvalue weighted by Crippen LogP contribution is 2.38. The minimum Gasteiger partial charge on any atom is -0.401 e. The van der Waals surface area contributed by atoms with Gasteiger partial charge in [-0.25, -0.2) is 4.98 Å². The predicted octanol–water partition coefficient (Wildman–Crippen LogP) is 3.26. The molecule has 2 saturated heterocycles. The highest BCUT2D eigenvalue weighted by Gasteiger charge is 2.44. The van der Waals surface area contributed by atoms with Crippen LogP contribution in [0.15, 0.2) is 53.3 Å². The van der Waals surface area contributed by atoms with Crippen LogP contribution in [-0.4, -0.2) is 94.4 Å². The molecule has 2 aromatic carbocycles. The summed E-state index contributed by atoms with van der Waals surface area (Å²) in [6.45, 7) is 5.76. The van der Waals surface area contributed by atoms with E-state index in [1.54, 1.807) is 18.2 Å². The second kappa shape index (κ2) is 14.5. The van der Waals surface area contributed by atoms with E-state index >= 15 is 0 Å². The number of piperidine rings is 1. The van der Waals surface area contributed by atoms with E-state index in [1.807, 2.05) is 12.4 Å². The number of nitrogens with one attached hydrogen (secondary N) is 3. The maximum Gasteiger partial charge on any atom is 0.262 e. The number of anilines is 1. The second-order valence-corrected chi connectivity index (χ2v) is 14.8. The molecule has 4 fully saturated rings. The first-order valence-corrected chi connectivity index (χ1v) is 18.6. The van der Waals surface area contributed by atoms with Crippen LogP contribution in [0.4, 0.5) is 5.69 Å². The van der Waals surface area contributed by atoms with Gasteiger partial charge in [0.1, 0.15) is 6.04 Å². The summed E-state index contributed by atoms with van der Waals surface area (Å²) in [4.78, 5) is 68.2. The number of fused-ring (bicyclic) bond motifs is 2. The maximum absolute atomic E-state index is 13.1. The van der Waals surface area contributed by atoms with Gasteiger partial charge in [-0.05, 0) is 92.7 Å². The third-order valence-electron chi connectivity index (χ3n) is 11.0. The second-order valence-electron chi connectivity index (χ2n) is 14.8. The van der Waals surface area contributed by atoms with Crippen LogP contribution in [0.1, 0.15) is 83.3 Å². The first-order chi connectivity index (χ1) is 25.3. The summed E-state index contributed by atoms with van der Waals surface area (Å²) in [6.07, 6.45) is 10.3. The lowest BCUT2D eigenvalue weighted by Gasteiger charge is -2.32. The molecule has 13 heteroatoms. The predicted molar refractivity (Wildman–Crippen MR) is 197 cm³/mol. The molecule has 270 valence electrons. The molecule has 5 N–H and O–H groups in total. The van der Waals surface area contributed by atoms with Gasteiger partial charge < -0.3 is 16.4 Å². The Hall–Kier alpha value is -5.01. The van der Waals surface area contributed by atoms with Gasteiger partial charge in [-0.2, -0.15) is 0 Å². The molecule has 2 saturated carbocycles. The first-order valence-electron chi connectivity index (χ1n) is 18.6. The summed E-state index contributed by atoms with van der Waals surface area (Å²) < 4.78 is 0. The number of imide groups is 2. The molecule has 52 heavy (non-hydrogen) atoms. The van der Waals surface area contributed by atoms with Crippen molar-refractivity contribution in [1.29, 1.82) is 0 Å². The van der Waals surface area contributed by atoms with Crippen LogP contribution in [0.5, 0.6) is 0 Å². The van der Waals surface area contributed by atoms with E-state index in [2.05, 4.69) is 39.0 Å². The van der Waals surface area contributed by atoms with Crippen LogP contribution in [0.3, 0.4) is 0 Å². The Morgan fingerprint density at radius 1 is 0.981 bits per heavy atom. The van der Waals surface area contributed by atoms with Crippen LogP contribution in [-0.2, 0) is 16.1 Å². The monoisotopic (exact) mass is 703 g/mol. The molecule has 1 aromatic heterocycles. The average Bonchev–Trinajstić information content (AvgIpc) is 3.95. The Morgan fingerprint density at radius 3 is 2.58 bits per heavy atom. The molecule has 1 unspecified atom stereocenters. The number of carbonyl (C=O) groups excluding carboxylic acids is 4. The number of rotatable bonds is 12. The Balaban J connectivity index is 0.834. The summed E-state index contributed by atoms with van der Waals surface area (Å²) >= 11 is 0. The van der Waals surface area contributed by atoms with Gasteiger partial charge in [-0.3, -0.25) is 44.3 Å². The van der Waals surface area contributed by atoms with Gasteiger partial charge in [0.05, 0.1) is 40.1 Å². The van der Waals surface area contributed by atoms with E-state index in [4.69, 9.17) is 20.7 Å². The lowest BCUT2D eigenvalue weighted by Crippen LogP contribution is -2.54. The van der Waals surface area contributed by atoms with Crippen molar-refractivity contribution < 1.29 is 19.2 Å². The topological polar surface area (TPSA) is 175 Å². The SMILES string of the molecule is NC(=C(C=NC1CC(CCCNc2ccc3c(c2)C(=O)N(C2CCC(=O)NC2=O)C3=O)C1)c1cnc2ccc(CN3CCNCC3)cc2n1)C1CC1. The Kier molecular flexibility index (Phi) is 9.54. The zero-order valence-electron chi connectivity index (χ0n) is 29.3. The molecule has 4 heterocycles. The molecule has 0 bridgehead atoms. The minimum atomic E-state index is -0.969. The van der Waals surface area contributed by atoms with Crippen molar-refractivity contribution in [2.24, 2.45) is 22.6 Å². The van der Waals surface area contributed by atoms with E-state index in [1.165, 1.54) is 5.56 Å². The number of benzene rings is 2. The standard InChI is InChI=1S/C39H45N9O4/c40-36(25-4-5-25)30(33-21-44-31-8-3-24(18-32(31)45-33)22-47-14-12-41-13-15-47)20-43-27-16-23(17-27)2-1-11-42-26-6-7-28-29(19-26)39(52)48(38(28)51)34-9-10-35(49)46-37(34)50/h3,6-8,18-21,23,25,27,34,41-42H,1-2,4-5,9-17,22,40H2,(H,46,49,50). The van der Waals surface area contributed by atoms with Crippen molar-refractivity contribution >= 4 is 52.1 Å². The molecule has 4 amide bonds. The number of aromatic nitrogens is 2. The summed E-state index contributed by atoms with van der Waals surface area (Å²) in [5.41, 5.74) is 13.5. The van der Waals surface area contributed by atoms with Crippen molar-refractivity contribution in [2.75, 3.05) is 38.0 Å². The van der Waals surface area contributed by atoms with Crippen LogP contribution < -0.4 is 21.7 Å². The van der Waals surface area contributed by atoms with Crippen LogP contribution >= 0.6 is 0 Å². The van der Waals surface area contributed by atoms with E-state index in [-0.39, 0.29) is 30.0 Å². The number of aliphatic imine (C=N–C) groups is 1. The number of amides is 4. The lowest BCUT2D eigenvalue weighted by molar-refractivity contribution is -0.136. The molecular weight excluding hydrogens is 658 g/mol. The smallest absolute Gasteiger partial charge is 0.262 e. The molecule has 1 atom stereocenters. The number of hydrogen-bond donors (Lipinski definition) is 4. The van der Waals surface area contributed by atoms with E-state index < -0.39 is 29.7 Å². The molecular formula is C39H45N9O4. The quantitative estimate of drug-likeness (QED) is 0.125. The Bertz CT molecular complexity index is 1980. The van der Waals surface area contributed by atoms with Crippen LogP contribution in [0.2, 0.25) is 0 Å². The molecule has 8 rings (SSSR count). The highest BCUT2D eigenvalue weighted by molar-refractivity contribution is 6.23. The number of allylic oxidation sites excluding steroid dienone is 2. The Labute approximate surface area is 302 Å². The number of nitrogens with two attached hydrogens (primary N) is 1. The summed E-state index contributed by atoms with van der Waals surface area (Å²) in [5, 5.41) is 9.03. The fourth-order valence-electron chi connectivity index (χ4n) is 7.76. The van der Waals surface area contributed by atoms with Gasteiger partial charge in [-0.1, -0.05) is 6.07 Å². The van der Waals surface area contributed by atoms with Gasteiger partial charge in [0.25, 0.3) is 11.8 Å². The average molecular weight is 704 g/mol. The fourth-order valence-corrected chi connectivity index (χ4v) is 7.76. The summed E-state index contributed by atoms with van der Waals surface area (Å²) in [6, 6.07) is 10.8. The molecule has 5 aliphatic rings. The summed E-state index contributed by atoms with van der Waals surface area (Å²) in [5.74, 6) is -1.03. The van der Waals surface area contributed by atoms with Crippen molar-refractivity contribution in [3.63, 3.8) is 0 Å². The first kappa shape index (κ1) is 34.1. The van der Waals surface area contributed by atoms with Crippen molar-refractivity contribution in [1.82, 2.24) is 30.4 Å². The number of carbonyl (C=O) groups is 4. The van der Waals surface area contributed by atoms with Crippen molar-refractivity contribution in [3.05, 3.63) is 70.7 Å². The van der Waals surface area contributed by atoms with E-state index in [0.717, 1.165) is 116 Å². The molecule has 3 aromatic rings. The fraction of sp³-hybridized carbons (Fsp3) is 0.462. The molecule has 3 aliphatic heterocycles. The number of nitrogens with zero attached hydrogens (tertiary/aromatic N) is 5. The molecule has 0 radical (unpaired) electrons. The van der Waals surface area contributed by atoms with Crippen LogP contribution in [0, 0.1) is 11.8 Å². The largest absolute Gasteiger partial charge is 0.401 e. The van der Waals surface area contributed by atoms with Gasteiger partial charge in [0.15, 0.2) is 0 Å². The van der Waals surface area contributed by atoms with Gasteiger partial charge in [0.2, 0.25) is 11.8 Å². The normalized spacial score (nSPS) is 24.2. The molecule has 2 aliphatic carbocycles. The van der Waals surface area contributed by atoms with E-state index in [0.29, 0.717) is 11.8 Å². The highest BCUT2D eigenvalue weighted by atomic mass is 16.2. The number of piperazine rings is 1. The van der Waals surface area contributed by atoms with Gasteiger partial charge >= 0.3 is 0 Å². The van der Waals surface area contributed by atoms with Crippen LogP contribution in [0.25, 0.3) is 16.6 Å². The molecule has 13 nitrogen and oxygen atoms in total. The minimum absolute atomic E-state index is 0.0942. The Morgan fingerprint density at radius 2 is 1.79 bits per heavy atom. The zero-order valence-corrected chi connectivity index (χ0v) is 29.3. The zero-order chi connectivity index (χ0) is 35.8. The van der Waals surface area contributed by atoms with Crippen molar-refractivity contribution in [2.45, 2.75) is 70.0 Å². The van der Waals surface area contributed by atoms with E-state index in [9.17, 15) is 19.2 Å². The van der Waals surface area contributed by atoms with Crippen molar-refractivity contribution in [3.8, 4) is 0 Å². The third-order valence-corrected chi connectivity index (χ3v) is 11.0. The van der Waals surface area contributed by atoms with Gasteiger partial charge in [-0.15, -0.1) is 0 Å². The third kappa shape index (κ3) is 7.20. The summed E-state index contributed by atoms with van der Waals surface area (Å²) in [7, 11) is 0. The van der Waals surface area contributed by atoms with Gasteiger partial charge in [0, 0.05) is 68.9 Å². The lowest BCUT2D eigenvalue weighted by atomic mass is 9.78. The maximum atomic E-state index is 13.1. The number of hydrogen-bond acceptors (Lipinski definition) is 11. The molecule has 0 spiro atoms.